The Bertz CT molecular complexity index is 1000. The number of piperazine rings is 3. The summed E-state index contributed by atoms with van der Waals surface area (Å²) in [6.07, 6.45) is 0. The van der Waals surface area contributed by atoms with Gasteiger partial charge in [0.15, 0.2) is 0 Å². The maximum atomic E-state index is 10.9. The SMILES string of the molecule is CCN(CC[N+]12CCN(CC1)CC2)c1ccc(N=Nc2ccc([N+](=O)[O-])cc2C)c(C)c1. The molecule has 0 saturated carbocycles. The third-order valence-corrected chi connectivity index (χ3v) is 7.10. The monoisotopic (exact) mass is 437 g/mol. The van der Waals surface area contributed by atoms with E-state index in [0.29, 0.717) is 5.69 Å². The van der Waals surface area contributed by atoms with E-state index in [4.69, 9.17) is 0 Å². The average Bonchev–Trinajstić information content (AvgIpc) is 2.80. The number of azo groups is 1. The molecule has 3 aliphatic rings. The van der Waals surface area contributed by atoms with Gasteiger partial charge in [0.1, 0.15) is 0 Å². The van der Waals surface area contributed by atoms with Crippen molar-refractivity contribution in [2.75, 3.05) is 63.8 Å². The van der Waals surface area contributed by atoms with Crippen LogP contribution in [0.2, 0.25) is 0 Å². The Hall–Kier alpha value is -2.84. The number of fused-ring (bicyclic) bond motifs is 3. The highest BCUT2D eigenvalue weighted by Gasteiger charge is 2.38. The van der Waals surface area contributed by atoms with Crippen LogP contribution in [0.4, 0.5) is 22.7 Å². The lowest BCUT2D eigenvalue weighted by molar-refractivity contribution is -0.939. The van der Waals surface area contributed by atoms with Crippen LogP contribution < -0.4 is 4.90 Å². The summed E-state index contributed by atoms with van der Waals surface area (Å²) >= 11 is 0. The first-order valence-corrected chi connectivity index (χ1v) is 11.5. The van der Waals surface area contributed by atoms with E-state index >= 15 is 0 Å². The summed E-state index contributed by atoms with van der Waals surface area (Å²) in [6, 6.07) is 11.0. The van der Waals surface area contributed by atoms with Crippen molar-refractivity contribution in [2.45, 2.75) is 20.8 Å². The zero-order chi connectivity index (χ0) is 22.7. The van der Waals surface area contributed by atoms with Crippen LogP contribution in [0.25, 0.3) is 0 Å². The van der Waals surface area contributed by atoms with Gasteiger partial charge in [0.25, 0.3) is 5.69 Å². The first-order valence-electron chi connectivity index (χ1n) is 11.5. The van der Waals surface area contributed by atoms with E-state index in [-0.39, 0.29) is 5.69 Å². The molecule has 3 aliphatic heterocycles. The van der Waals surface area contributed by atoms with Crippen LogP contribution in [-0.4, -0.2) is 73.2 Å². The van der Waals surface area contributed by atoms with Gasteiger partial charge in [0, 0.05) is 44.0 Å². The molecule has 170 valence electrons. The van der Waals surface area contributed by atoms with Gasteiger partial charge in [-0.05, 0) is 56.2 Å². The Balaban J connectivity index is 1.43. The molecule has 3 saturated heterocycles. The number of quaternary nitrogens is 1. The molecule has 32 heavy (non-hydrogen) atoms. The standard InChI is InChI=1S/C24H33N6O2/c1-4-28(12-16-30-13-9-27(10-14-30)11-15-30)21-5-7-23(19(2)17-21)25-26-24-8-6-22(29(31)32)18-20(24)3/h5-8,17-18H,4,9-16H2,1-3H3/q+1. The smallest absolute Gasteiger partial charge is 0.269 e. The summed E-state index contributed by atoms with van der Waals surface area (Å²) in [5.74, 6) is 0. The van der Waals surface area contributed by atoms with Crippen LogP contribution in [0.5, 0.6) is 0 Å². The molecule has 0 N–H and O–H groups in total. The van der Waals surface area contributed by atoms with Gasteiger partial charge >= 0.3 is 0 Å². The Labute approximate surface area is 189 Å². The van der Waals surface area contributed by atoms with Crippen molar-refractivity contribution in [3.05, 3.63) is 57.6 Å². The summed E-state index contributed by atoms with van der Waals surface area (Å²) in [5.41, 5.74) is 4.56. The number of aryl methyl sites for hydroxylation is 2. The molecule has 0 amide bonds. The van der Waals surface area contributed by atoms with Crippen LogP contribution in [0.3, 0.4) is 0 Å². The summed E-state index contributed by atoms with van der Waals surface area (Å²) in [6.45, 7) is 17.0. The van der Waals surface area contributed by atoms with Crippen molar-refractivity contribution in [2.24, 2.45) is 10.2 Å². The van der Waals surface area contributed by atoms with Crippen LogP contribution >= 0.6 is 0 Å². The lowest BCUT2D eigenvalue weighted by Crippen LogP contribution is -2.68. The molecule has 2 aromatic rings. The topological polar surface area (TPSA) is 74.3 Å². The predicted molar refractivity (Wildman–Crippen MR) is 127 cm³/mol. The molecule has 3 heterocycles. The third-order valence-electron chi connectivity index (χ3n) is 7.10. The quantitative estimate of drug-likeness (QED) is 0.262. The first-order chi connectivity index (χ1) is 15.4. The molecule has 0 aliphatic carbocycles. The van der Waals surface area contributed by atoms with Gasteiger partial charge in [-0.1, -0.05) is 0 Å². The van der Waals surface area contributed by atoms with Crippen molar-refractivity contribution in [3.8, 4) is 0 Å². The number of hydrogen-bond donors (Lipinski definition) is 0. The minimum Gasteiger partial charge on any atom is -0.366 e. The maximum absolute atomic E-state index is 10.9. The van der Waals surface area contributed by atoms with Crippen molar-refractivity contribution in [3.63, 3.8) is 0 Å². The fourth-order valence-electron chi connectivity index (χ4n) is 4.79. The van der Waals surface area contributed by atoms with Gasteiger partial charge in [-0.15, -0.1) is 0 Å². The molecule has 3 fully saturated rings. The molecule has 5 rings (SSSR count). The zero-order valence-corrected chi connectivity index (χ0v) is 19.3. The van der Waals surface area contributed by atoms with Crippen molar-refractivity contribution in [1.82, 2.24) is 4.90 Å². The van der Waals surface area contributed by atoms with Crippen molar-refractivity contribution in [1.29, 1.82) is 0 Å². The van der Waals surface area contributed by atoms with E-state index in [1.807, 2.05) is 13.0 Å². The molecule has 8 heteroatoms. The minimum absolute atomic E-state index is 0.0681. The zero-order valence-electron chi connectivity index (χ0n) is 19.3. The second kappa shape index (κ2) is 9.34. The summed E-state index contributed by atoms with van der Waals surface area (Å²) in [7, 11) is 0. The normalized spacial score (nSPS) is 22.4. The summed E-state index contributed by atoms with van der Waals surface area (Å²) in [4.78, 5) is 15.6. The molecule has 0 spiro atoms. The molecular formula is C24H33N6O2+. The molecule has 2 aromatic carbocycles. The van der Waals surface area contributed by atoms with Gasteiger partial charge in [-0.2, -0.15) is 10.2 Å². The largest absolute Gasteiger partial charge is 0.366 e. The molecule has 0 aromatic heterocycles. The third kappa shape index (κ3) is 4.81. The van der Waals surface area contributed by atoms with Crippen LogP contribution in [0.1, 0.15) is 18.1 Å². The fraction of sp³-hybridized carbons (Fsp3) is 0.500. The van der Waals surface area contributed by atoms with Crippen molar-refractivity contribution < 1.29 is 9.41 Å². The fourth-order valence-corrected chi connectivity index (χ4v) is 4.79. The second-order valence-electron chi connectivity index (χ2n) is 9.06. The average molecular weight is 438 g/mol. The Morgan fingerprint density at radius 2 is 1.59 bits per heavy atom. The number of anilines is 1. The van der Waals surface area contributed by atoms with Gasteiger partial charge in [-0.25, -0.2) is 0 Å². The number of likely N-dealkylation sites (N-methyl/N-ethyl adjacent to an activating group) is 1. The highest BCUT2D eigenvalue weighted by atomic mass is 16.6. The lowest BCUT2D eigenvalue weighted by Gasteiger charge is -2.51. The van der Waals surface area contributed by atoms with Crippen LogP contribution in [-0.2, 0) is 0 Å². The molecular weight excluding hydrogens is 404 g/mol. The molecule has 0 radical (unpaired) electrons. The van der Waals surface area contributed by atoms with E-state index in [9.17, 15) is 10.1 Å². The van der Waals surface area contributed by atoms with Gasteiger partial charge < -0.3 is 9.38 Å². The molecule has 8 nitrogen and oxygen atoms in total. The molecule has 0 unspecified atom stereocenters. The first kappa shape index (κ1) is 22.4. The minimum atomic E-state index is -0.397. The van der Waals surface area contributed by atoms with E-state index < -0.39 is 4.92 Å². The Morgan fingerprint density at radius 3 is 2.12 bits per heavy atom. The van der Waals surface area contributed by atoms with Crippen LogP contribution in [0.15, 0.2) is 46.6 Å². The summed E-state index contributed by atoms with van der Waals surface area (Å²) < 4.78 is 1.27. The highest BCUT2D eigenvalue weighted by Crippen LogP contribution is 2.29. The number of benzene rings is 2. The van der Waals surface area contributed by atoms with E-state index in [1.54, 1.807) is 6.07 Å². The Kier molecular flexibility index (Phi) is 6.53. The van der Waals surface area contributed by atoms with Gasteiger partial charge in [0.2, 0.25) is 0 Å². The summed E-state index contributed by atoms with van der Waals surface area (Å²) in [5, 5.41) is 19.7. The number of non-ortho nitro benzene ring substituents is 1. The highest BCUT2D eigenvalue weighted by molar-refractivity contribution is 5.58. The van der Waals surface area contributed by atoms with Crippen LogP contribution in [0, 0.1) is 24.0 Å². The second-order valence-corrected chi connectivity index (χ2v) is 9.06. The lowest BCUT2D eigenvalue weighted by atomic mass is 10.1. The maximum Gasteiger partial charge on any atom is 0.269 e. The number of hydrogen-bond acceptors (Lipinski definition) is 6. The Morgan fingerprint density at radius 1 is 1.00 bits per heavy atom. The van der Waals surface area contributed by atoms with E-state index in [2.05, 4.69) is 46.0 Å². The number of nitro benzene ring substituents is 1. The van der Waals surface area contributed by atoms with Gasteiger partial charge in [0.05, 0.1) is 49.0 Å². The predicted octanol–water partition coefficient (Wildman–Crippen LogP) is 4.60. The van der Waals surface area contributed by atoms with Crippen molar-refractivity contribution >= 4 is 22.7 Å². The number of nitrogens with zero attached hydrogens (tertiary/aromatic N) is 6. The van der Waals surface area contributed by atoms with Gasteiger partial charge in [-0.3, -0.25) is 15.0 Å². The van der Waals surface area contributed by atoms with E-state index in [0.717, 1.165) is 29.9 Å². The molecule has 0 atom stereocenters. The van der Waals surface area contributed by atoms with E-state index in [1.165, 1.54) is 68.1 Å². The number of rotatable bonds is 8. The molecule has 2 bridgehead atoms. The number of nitro groups is 1.